The number of carboxylic acid groups (broad SMARTS) is 2. The van der Waals surface area contributed by atoms with E-state index in [1.54, 1.807) is 21.3 Å². The van der Waals surface area contributed by atoms with E-state index in [-0.39, 0.29) is 0 Å². The van der Waals surface area contributed by atoms with Gasteiger partial charge >= 0.3 is 11.9 Å². The third-order valence-corrected chi connectivity index (χ3v) is 2.67. The second-order valence-corrected chi connectivity index (χ2v) is 4.66. The van der Waals surface area contributed by atoms with Crippen molar-refractivity contribution in [2.24, 2.45) is 0 Å². The van der Waals surface area contributed by atoms with E-state index in [2.05, 4.69) is 19.2 Å². The molecule has 130 valence electrons. The molecule has 0 aliphatic heterocycles. The molecule has 8 nitrogen and oxygen atoms in total. The molecule has 0 aliphatic rings. The Morgan fingerprint density at radius 2 is 1.39 bits per heavy atom. The van der Waals surface area contributed by atoms with Gasteiger partial charge in [-0.1, -0.05) is 13.8 Å². The van der Waals surface area contributed by atoms with E-state index >= 15 is 0 Å². The van der Waals surface area contributed by atoms with Gasteiger partial charge in [0.15, 0.2) is 11.5 Å². The van der Waals surface area contributed by atoms with Gasteiger partial charge < -0.3 is 29.7 Å². The van der Waals surface area contributed by atoms with Crippen LogP contribution in [0.3, 0.4) is 0 Å². The van der Waals surface area contributed by atoms with Crippen LogP contribution in [0.4, 0.5) is 0 Å². The van der Waals surface area contributed by atoms with Crippen LogP contribution >= 0.6 is 0 Å². The van der Waals surface area contributed by atoms with Crippen LogP contribution in [0.25, 0.3) is 0 Å². The Kier molecular flexibility index (Phi) is 9.17. The summed E-state index contributed by atoms with van der Waals surface area (Å²) < 4.78 is 15.9. The molecular formula is C15H23NO7. The van der Waals surface area contributed by atoms with Gasteiger partial charge in [-0.2, -0.15) is 0 Å². The van der Waals surface area contributed by atoms with Crippen LogP contribution in [0, 0.1) is 0 Å². The Labute approximate surface area is 135 Å². The van der Waals surface area contributed by atoms with Gasteiger partial charge in [0.05, 0.1) is 21.3 Å². The number of carboxylic acids is 2. The zero-order valence-electron chi connectivity index (χ0n) is 13.9. The lowest BCUT2D eigenvalue weighted by atomic mass is 10.1. The normalized spacial score (nSPS) is 9.65. The largest absolute Gasteiger partial charge is 0.496 e. The van der Waals surface area contributed by atoms with Gasteiger partial charge in [0.25, 0.3) is 0 Å². The number of methoxy groups -OCH3 is 3. The zero-order chi connectivity index (χ0) is 18.0. The average molecular weight is 329 g/mol. The van der Waals surface area contributed by atoms with Crippen LogP contribution in [-0.4, -0.2) is 49.5 Å². The Morgan fingerprint density at radius 1 is 0.957 bits per heavy atom. The molecule has 0 bridgehead atoms. The van der Waals surface area contributed by atoms with Crippen LogP contribution in [-0.2, 0) is 16.1 Å². The number of ether oxygens (including phenoxy) is 3. The van der Waals surface area contributed by atoms with Gasteiger partial charge in [-0.15, -0.1) is 0 Å². The molecule has 1 aromatic carbocycles. The van der Waals surface area contributed by atoms with Crippen LogP contribution in [0.1, 0.15) is 19.4 Å². The van der Waals surface area contributed by atoms with E-state index in [0.717, 1.165) is 17.9 Å². The predicted octanol–water partition coefficient (Wildman–Crippen LogP) is 1.37. The number of hydrogen-bond acceptors (Lipinski definition) is 6. The molecule has 0 amide bonds. The lowest BCUT2D eigenvalue weighted by Gasteiger charge is -2.15. The topological polar surface area (TPSA) is 114 Å². The molecule has 1 aromatic rings. The number of benzene rings is 1. The average Bonchev–Trinajstić information content (AvgIpc) is 2.52. The van der Waals surface area contributed by atoms with Gasteiger partial charge in [-0.25, -0.2) is 9.59 Å². The summed E-state index contributed by atoms with van der Waals surface area (Å²) in [6.07, 6.45) is 0. The second kappa shape index (κ2) is 10.3. The third-order valence-electron chi connectivity index (χ3n) is 2.67. The molecule has 0 aromatic heterocycles. The van der Waals surface area contributed by atoms with Crippen LogP contribution < -0.4 is 19.5 Å². The quantitative estimate of drug-likeness (QED) is 0.670. The summed E-state index contributed by atoms with van der Waals surface area (Å²) in [6.45, 7) is 4.95. The number of hydrogen-bond donors (Lipinski definition) is 3. The van der Waals surface area contributed by atoms with Crippen molar-refractivity contribution >= 4 is 11.9 Å². The summed E-state index contributed by atoms with van der Waals surface area (Å²) >= 11 is 0. The van der Waals surface area contributed by atoms with Crippen molar-refractivity contribution in [3.05, 3.63) is 17.7 Å². The first-order valence-corrected chi connectivity index (χ1v) is 6.75. The molecule has 0 atom stereocenters. The maximum Gasteiger partial charge on any atom is 0.414 e. The second-order valence-electron chi connectivity index (χ2n) is 4.66. The monoisotopic (exact) mass is 329 g/mol. The fraction of sp³-hybridized carbons (Fsp3) is 0.467. The Bertz CT molecular complexity index is 517. The number of carbonyl (C=O) groups is 2. The van der Waals surface area contributed by atoms with E-state index in [1.807, 2.05) is 12.1 Å². The maximum absolute atomic E-state index is 9.10. The van der Waals surface area contributed by atoms with Gasteiger partial charge in [0.1, 0.15) is 5.75 Å². The van der Waals surface area contributed by atoms with Crippen molar-refractivity contribution in [3.8, 4) is 17.2 Å². The number of aliphatic carboxylic acids is 2. The fourth-order valence-electron chi connectivity index (χ4n) is 1.54. The van der Waals surface area contributed by atoms with E-state index in [4.69, 9.17) is 34.0 Å². The standard InChI is InChI=1S/C13H21NO3.C2H2O4/c1-9(2)14-8-10-6-12(16-4)13(17-5)7-11(10)15-3;3-1(4)2(5)6/h6-7,9,14H,8H2,1-5H3;(H,3,4)(H,5,6). The Balaban J connectivity index is 0.000000688. The first kappa shape index (κ1) is 20.5. The van der Waals surface area contributed by atoms with Crippen molar-refractivity contribution in [2.45, 2.75) is 26.4 Å². The zero-order valence-corrected chi connectivity index (χ0v) is 13.9. The molecule has 0 saturated heterocycles. The lowest BCUT2D eigenvalue weighted by molar-refractivity contribution is -0.159. The van der Waals surface area contributed by atoms with Crippen molar-refractivity contribution in [3.63, 3.8) is 0 Å². The molecule has 0 fully saturated rings. The van der Waals surface area contributed by atoms with Gasteiger partial charge in [0, 0.05) is 24.2 Å². The SMILES string of the molecule is COc1cc(OC)c(OC)cc1CNC(C)C.O=C(O)C(=O)O. The van der Waals surface area contributed by atoms with Crippen molar-refractivity contribution in [1.29, 1.82) is 0 Å². The van der Waals surface area contributed by atoms with Crippen molar-refractivity contribution in [2.75, 3.05) is 21.3 Å². The van der Waals surface area contributed by atoms with E-state index < -0.39 is 11.9 Å². The summed E-state index contributed by atoms with van der Waals surface area (Å²) in [5.41, 5.74) is 1.05. The highest BCUT2D eigenvalue weighted by atomic mass is 16.5. The lowest BCUT2D eigenvalue weighted by Crippen LogP contribution is -2.22. The number of nitrogens with one attached hydrogen (secondary N) is 1. The maximum atomic E-state index is 9.10. The summed E-state index contributed by atoms with van der Waals surface area (Å²) in [7, 11) is 4.90. The highest BCUT2D eigenvalue weighted by molar-refractivity contribution is 6.27. The minimum Gasteiger partial charge on any atom is -0.496 e. The van der Waals surface area contributed by atoms with E-state index in [9.17, 15) is 0 Å². The molecule has 8 heteroatoms. The Morgan fingerprint density at radius 3 is 1.74 bits per heavy atom. The minimum absolute atomic E-state index is 0.424. The molecule has 0 aliphatic carbocycles. The highest BCUT2D eigenvalue weighted by Crippen LogP contribution is 2.34. The number of rotatable bonds is 6. The van der Waals surface area contributed by atoms with Gasteiger partial charge in [-0.3, -0.25) is 0 Å². The van der Waals surface area contributed by atoms with Crippen molar-refractivity contribution in [1.82, 2.24) is 5.32 Å². The third kappa shape index (κ3) is 7.37. The predicted molar refractivity (Wildman–Crippen MR) is 83.3 cm³/mol. The van der Waals surface area contributed by atoms with Crippen LogP contribution in [0.5, 0.6) is 17.2 Å². The fourth-order valence-corrected chi connectivity index (χ4v) is 1.54. The van der Waals surface area contributed by atoms with E-state index in [0.29, 0.717) is 17.5 Å². The molecule has 0 saturated carbocycles. The molecular weight excluding hydrogens is 306 g/mol. The first-order chi connectivity index (χ1) is 10.8. The molecule has 23 heavy (non-hydrogen) atoms. The van der Waals surface area contributed by atoms with Gasteiger partial charge in [0.2, 0.25) is 0 Å². The van der Waals surface area contributed by atoms with Gasteiger partial charge in [-0.05, 0) is 6.07 Å². The first-order valence-electron chi connectivity index (χ1n) is 6.75. The molecule has 0 radical (unpaired) electrons. The summed E-state index contributed by atoms with van der Waals surface area (Å²) in [5, 5.41) is 18.1. The Hall–Kier alpha value is -2.48. The smallest absolute Gasteiger partial charge is 0.414 e. The summed E-state index contributed by atoms with van der Waals surface area (Å²) in [5.74, 6) is -1.45. The highest BCUT2D eigenvalue weighted by Gasteiger charge is 2.11. The molecule has 3 N–H and O–H groups in total. The summed E-state index contributed by atoms with van der Waals surface area (Å²) in [4.78, 5) is 18.2. The summed E-state index contributed by atoms with van der Waals surface area (Å²) in [6, 6.07) is 4.20. The molecule has 1 rings (SSSR count). The molecule has 0 heterocycles. The minimum atomic E-state index is -1.82. The molecule has 0 unspecified atom stereocenters. The van der Waals surface area contributed by atoms with Crippen molar-refractivity contribution < 1.29 is 34.0 Å². The van der Waals surface area contributed by atoms with Crippen LogP contribution in [0.15, 0.2) is 12.1 Å². The molecule has 0 spiro atoms. The van der Waals surface area contributed by atoms with E-state index in [1.165, 1.54) is 0 Å². The van der Waals surface area contributed by atoms with Crippen LogP contribution in [0.2, 0.25) is 0 Å².